The molecular weight excluding hydrogens is 200 g/mol. The summed E-state index contributed by atoms with van der Waals surface area (Å²) >= 11 is 0. The van der Waals surface area contributed by atoms with Crippen LogP contribution in [0.2, 0.25) is 0 Å². The zero-order valence-electron chi connectivity index (χ0n) is 9.99. The van der Waals surface area contributed by atoms with Gasteiger partial charge >= 0.3 is 0 Å². The molecule has 1 aliphatic heterocycles. The van der Waals surface area contributed by atoms with E-state index in [1.54, 1.807) is 0 Å². The third kappa shape index (κ3) is 2.97. The molecule has 2 rings (SSSR count). The molecular formula is C13H20N2O. The first-order valence-electron chi connectivity index (χ1n) is 5.81. The molecule has 16 heavy (non-hydrogen) atoms. The molecule has 0 spiro atoms. The van der Waals surface area contributed by atoms with Crippen LogP contribution in [-0.4, -0.2) is 18.4 Å². The van der Waals surface area contributed by atoms with Crippen LogP contribution < -0.4 is 11.1 Å². The quantitative estimate of drug-likeness (QED) is 0.765. The average Bonchev–Trinajstić information content (AvgIpc) is 2.58. The predicted molar refractivity (Wildman–Crippen MR) is 66.1 cm³/mol. The first-order chi connectivity index (χ1) is 7.55. The maximum Gasteiger partial charge on any atom is 0.113 e. The van der Waals surface area contributed by atoms with Crippen LogP contribution in [0, 0.1) is 0 Å². The van der Waals surface area contributed by atoms with Crippen molar-refractivity contribution in [1.29, 1.82) is 0 Å². The highest BCUT2D eigenvalue weighted by molar-refractivity contribution is 5.39. The summed E-state index contributed by atoms with van der Waals surface area (Å²) in [5.41, 5.74) is 7.65. The van der Waals surface area contributed by atoms with E-state index < -0.39 is 0 Å². The Bertz CT molecular complexity index is 345. The van der Waals surface area contributed by atoms with Crippen molar-refractivity contribution in [2.75, 3.05) is 12.3 Å². The first-order valence-corrected chi connectivity index (χ1v) is 5.81. The summed E-state index contributed by atoms with van der Waals surface area (Å²) in [6.45, 7) is 4.94. The van der Waals surface area contributed by atoms with E-state index in [2.05, 4.69) is 31.3 Å². The fraction of sp³-hybridized carbons (Fsp3) is 0.538. The van der Waals surface area contributed by atoms with Crippen LogP contribution in [0.25, 0.3) is 0 Å². The average molecular weight is 220 g/mol. The molecule has 1 aliphatic rings. The number of aryl methyl sites for hydroxylation is 1. The Labute approximate surface area is 97.0 Å². The standard InChI is InChI=1S/C13H20N2O/c1-13(2)15-12(9-16-13)8-5-10-3-6-11(14)7-4-10/h3-4,6-7,12,15H,5,8-9,14H2,1-2H3. The Morgan fingerprint density at radius 1 is 1.38 bits per heavy atom. The highest BCUT2D eigenvalue weighted by Gasteiger charge is 2.30. The van der Waals surface area contributed by atoms with Gasteiger partial charge < -0.3 is 10.5 Å². The lowest BCUT2D eigenvalue weighted by atomic mass is 10.1. The van der Waals surface area contributed by atoms with Gasteiger partial charge in [0.2, 0.25) is 0 Å². The van der Waals surface area contributed by atoms with E-state index in [1.807, 2.05) is 12.1 Å². The Hall–Kier alpha value is -1.06. The van der Waals surface area contributed by atoms with Crippen molar-refractivity contribution in [3.63, 3.8) is 0 Å². The lowest BCUT2D eigenvalue weighted by Gasteiger charge is -2.18. The third-order valence-electron chi connectivity index (χ3n) is 2.96. The number of ether oxygens (including phenoxy) is 1. The van der Waals surface area contributed by atoms with Crippen molar-refractivity contribution in [2.24, 2.45) is 0 Å². The predicted octanol–water partition coefficient (Wildman–Crippen LogP) is 1.93. The fourth-order valence-electron chi connectivity index (χ4n) is 2.06. The van der Waals surface area contributed by atoms with Crippen molar-refractivity contribution in [2.45, 2.75) is 38.5 Å². The molecule has 1 aromatic rings. The minimum absolute atomic E-state index is 0.161. The minimum atomic E-state index is -0.161. The fourth-order valence-corrected chi connectivity index (χ4v) is 2.06. The maximum absolute atomic E-state index is 5.65. The van der Waals surface area contributed by atoms with E-state index in [0.29, 0.717) is 6.04 Å². The van der Waals surface area contributed by atoms with Crippen LogP contribution in [0.4, 0.5) is 5.69 Å². The second-order valence-electron chi connectivity index (χ2n) is 4.94. The Morgan fingerprint density at radius 2 is 2.06 bits per heavy atom. The molecule has 0 saturated carbocycles. The van der Waals surface area contributed by atoms with Crippen molar-refractivity contribution >= 4 is 5.69 Å². The molecule has 3 nitrogen and oxygen atoms in total. The minimum Gasteiger partial charge on any atom is -0.399 e. The molecule has 88 valence electrons. The molecule has 0 bridgehead atoms. The van der Waals surface area contributed by atoms with Crippen LogP contribution >= 0.6 is 0 Å². The number of nitrogen functional groups attached to an aromatic ring is 1. The van der Waals surface area contributed by atoms with E-state index in [-0.39, 0.29) is 5.72 Å². The van der Waals surface area contributed by atoms with Crippen molar-refractivity contribution in [3.05, 3.63) is 29.8 Å². The van der Waals surface area contributed by atoms with E-state index in [9.17, 15) is 0 Å². The number of nitrogens with one attached hydrogen (secondary N) is 1. The molecule has 1 unspecified atom stereocenters. The van der Waals surface area contributed by atoms with Crippen LogP contribution in [0.1, 0.15) is 25.8 Å². The molecule has 1 atom stereocenters. The first kappa shape index (κ1) is 11.4. The largest absolute Gasteiger partial charge is 0.399 e. The molecule has 0 amide bonds. The maximum atomic E-state index is 5.65. The van der Waals surface area contributed by atoms with Gasteiger partial charge in [-0.2, -0.15) is 0 Å². The van der Waals surface area contributed by atoms with E-state index in [1.165, 1.54) is 5.56 Å². The molecule has 1 saturated heterocycles. The van der Waals surface area contributed by atoms with E-state index in [0.717, 1.165) is 25.1 Å². The summed E-state index contributed by atoms with van der Waals surface area (Å²) < 4.78 is 5.63. The zero-order valence-corrected chi connectivity index (χ0v) is 9.99. The highest BCUT2D eigenvalue weighted by Crippen LogP contribution is 2.18. The van der Waals surface area contributed by atoms with Gasteiger partial charge in [-0.15, -0.1) is 0 Å². The zero-order chi connectivity index (χ0) is 11.6. The third-order valence-corrected chi connectivity index (χ3v) is 2.96. The van der Waals surface area contributed by atoms with E-state index in [4.69, 9.17) is 10.5 Å². The highest BCUT2D eigenvalue weighted by atomic mass is 16.5. The summed E-state index contributed by atoms with van der Waals surface area (Å²) in [5.74, 6) is 0. The van der Waals surface area contributed by atoms with Crippen LogP contribution in [-0.2, 0) is 11.2 Å². The van der Waals surface area contributed by atoms with Crippen molar-refractivity contribution < 1.29 is 4.74 Å². The second kappa shape index (κ2) is 4.44. The summed E-state index contributed by atoms with van der Waals surface area (Å²) in [7, 11) is 0. The van der Waals surface area contributed by atoms with Gasteiger partial charge in [0.15, 0.2) is 0 Å². The van der Waals surface area contributed by atoms with Gasteiger partial charge in [0, 0.05) is 11.7 Å². The second-order valence-corrected chi connectivity index (χ2v) is 4.94. The normalized spacial score (nSPS) is 23.5. The molecule has 3 N–H and O–H groups in total. The summed E-state index contributed by atoms with van der Waals surface area (Å²) in [4.78, 5) is 0. The summed E-state index contributed by atoms with van der Waals surface area (Å²) in [6, 6.07) is 8.56. The number of rotatable bonds is 3. The van der Waals surface area contributed by atoms with Gasteiger partial charge in [-0.3, -0.25) is 5.32 Å². The van der Waals surface area contributed by atoms with Gasteiger partial charge in [-0.05, 0) is 44.4 Å². The van der Waals surface area contributed by atoms with Crippen LogP contribution in [0.5, 0.6) is 0 Å². The number of benzene rings is 1. The number of anilines is 1. The van der Waals surface area contributed by atoms with Crippen LogP contribution in [0.3, 0.4) is 0 Å². The van der Waals surface area contributed by atoms with Gasteiger partial charge in [0.05, 0.1) is 6.61 Å². The van der Waals surface area contributed by atoms with Gasteiger partial charge in [0.25, 0.3) is 0 Å². The van der Waals surface area contributed by atoms with Crippen molar-refractivity contribution in [3.8, 4) is 0 Å². The Balaban J connectivity index is 1.82. The molecule has 3 heteroatoms. The van der Waals surface area contributed by atoms with Gasteiger partial charge in [-0.25, -0.2) is 0 Å². The number of hydrogen-bond acceptors (Lipinski definition) is 3. The Morgan fingerprint density at radius 3 is 2.62 bits per heavy atom. The van der Waals surface area contributed by atoms with Gasteiger partial charge in [0.1, 0.15) is 5.72 Å². The molecule has 1 heterocycles. The molecule has 0 radical (unpaired) electrons. The Kier molecular flexibility index (Phi) is 3.17. The molecule has 0 aromatic heterocycles. The molecule has 1 fully saturated rings. The topological polar surface area (TPSA) is 47.3 Å². The van der Waals surface area contributed by atoms with E-state index >= 15 is 0 Å². The lowest BCUT2D eigenvalue weighted by molar-refractivity contribution is 0.0231. The van der Waals surface area contributed by atoms with Gasteiger partial charge in [-0.1, -0.05) is 12.1 Å². The molecule has 0 aliphatic carbocycles. The van der Waals surface area contributed by atoms with Crippen LogP contribution in [0.15, 0.2) is 24.3 Å². The number of nitrogens with two attached hydrogens (primary N) is 1. The number of hydrogen-bond donors (Lipinski definition) is 2. The molecule has 1 aromatic carbocycles. The lowest BCUT2D eigenvalue weighted by Crippen LogP contribution is -2.38. The summed E-state index contributed by atoms with van der Waals surface area (Å²) in [5, 5.41) is 3.46. The smallest absolute Gasteiger partial charge is 0.113 e. The monoisotopic (exact) mass is 220 g/mol. The summed E-state index contributed by atoms with van der Waals surface area (Å²) in [6.07, 6.45) is 2.17. The SMILES string of the molecule is CC1(C)NC(CCc2ccc(N)cc2)CO1. The van der Waals surface area contributed by atoms with Crippen molar-refractivity contribution in [1.82, 2.24) is 5.32 Å².